The fourth-order valence-corrected chi connectivity index (χ4v) is 3.95. The van der Waals surface area contributed by atoms with E-state index >= 15 is 0 Å². The highest BCUT2D eigenvalue weighted by Gasteiger charge is 2.26. The number of nitro benzene ring substituents is 1. The number of nitro groups is 1. The maximum Gasteiger partial charge on any atom is 0.273 e. The zero-order chi connectivity index (χ0) is 22.9. The van der Waals surface area contributed by atoms with Crippen LogP contribution >= 0.6 is 0 Å². The summed E-state index contributed by atoms with van der Waals surface area (Å²) in [5, 5.41) is 19.8. The van der Waals surface area contributed by atoms with Crippen LogP contribution in [-0.4, -0.2) is 66.9 Å². The van der Waals surface area contributed by atoms with Gasteiger partial charge in [-0.25, -0.2) is 9.97 Å². The molecule has 1 saturated heterocycles. The minimum Gasteiger partial charge on any atom is -0.351 e. The summed E-state index contributed by atoms with van der Waals surface area (Å²) in [4.78, 5) is 36.2. The van der Waals surface area contributed by atoms with Gasteiger partial charge in [-0.3, -0.25) is 14.9 Å². The third-order valence-corrected chi connectivity index (χ3v) is 5.74. The highest BCUT2D eigenvalue weighted by molar-refractivity contribution is 5.95. The third kappa shape index (κ3) is 3.73. The number of hydrogen-bond donors (Lipinski definition) is 0. The molecule has 4 aromatic rings. The predicted molar refractivity (Wildman–Crippen MR) is 120 cm³/mol. The first-order valence-electron chi connectivity index (χ1n) is 10.4. The van der Waals surface area contributed by atoms with E-state index in [1.54, 1.807) is 28.6 Å². The molecule has 1 amide bonds. The number of fused-ring (bicyclic) bond motifs is 1. The van der Waals surface area contributed by atoms with Gasteiger partial charge in [0.25, 0.3) is 11.6 Å². The maximum atomic E-state index is 12.9. The lowest BCUT2D eigenvalue weighted by atomic mass is 10.1. The molecule has 1 aliphatic rings. The molecule has 0 spiro atoms. The molecule has 2 aromatic carbocycles. The molecule has 3 heterocycles. The molecule has 33 heavy (non-hydrogen) atoms. The van der Waals surface area contributed by atoms with Crippen LogP contribution in [0.25, 0.3) is 16.9 Å². The molecule has 0 unspecified atom stereocenters. The van der Waals surface area contributed by atoms with E-state index in [1.165, 1.54) is 12.4 Å². The number of carbonyl (C=O) groups excluding carboxylic acids is 1. The monoisotopic (exact) mass is 444 g/mol. The molecule has 0 saturated carbocycles. The van der Waals surface area contributed by atoms with Gasteiger partial charge in [0.2, 0.25) is 0 Å². The van der Waals surface area contributed by atoms with Crippen LogP contribution in [0.3, 0.4) is 0 Å². The van der Waals surface area contributed by atoms with Crippen LogP contribution in [0.4, 0.5) is 11.5 Å². The molecule has 1 aliphatic heterocycles. The Labute approximate surface area is 188 Å². The average molecular weight is 444 g/mol. The molecule has 166 valence electrons. The first kappa shape index (κ1) is 20.5. The molecule has 1 fully saturated rings. The van der Waals surface area contributed by atoms with Crippen molar-refractivity contribution in [2.45, 2.75) is 6.92 Å². The smallest absolute Gasteiger partial charge is 0.273 e. The number of benzene rings is 2. The highest BCUT2D eigenvalue weighted by atomic mass is 16.6. The predicted octanol–water partition coefficient (Wildman–Crippen LogP) is 2.39. The van der Waals surface area contributed by atoms with E-state index in [0.29, 0.717) is 54.3 Å². The topological polar surface area (TPSA) is 123 Å². The number of aromatic nitrogens is 5. The number of nitrogens with zero attached hydrogens (tertiary/aromatic N) is 8. The van der Waals surface area contributed by atoms with E-state index in [0.717, 1.165) is 5.69 Å². The number of amides is 1. The minimum atomic E-state index is -0.465. The molecule has 0 aliphatic carbocycles. The van der Waals surface area contributed by atoms with Crippen LogP contribution in [0.5, 0.6) is 0 Å². The van der Waals surface area contributed by atoms with Crippen molar-refractivity contribution >= 4 is 28.6 Å². The zero-order valence-electron chi connectivity index (χ0n) is 17.8. The Bertz CT molecular complexity index is 1350. The third-order valence-electron chi connectivity index (χ3n) is 5.74. The van der Waals surface area contributed by atoms with E-state index in [2.05, 4.69) is 25.2 Å². The molecular formula is C22H20N8O3. The van der Waals surface area contributed by atoms with Gasteiger partial charge >= 0.3 is 0 Å². The van der Waals surface area contributed by atoms with Crippen molar-refractivity contribution in [3.8, 4) is 5.69 Å². The Kier molecular flexibility index (Phi) is 5.13. The van der Waals surface area contributed by atoms with E-state index in [-0.39, 0.29) is 11.6 Å². The fraction of sp³-hybridized carbons (Fsp3) is 0.227. The van der Waals surface area contributed by atoms with E-state index in [9.17, 15) is 14.9 Å². The molecule has 11 nitrogen and oxygen atoms in total. The number of rotatable bonds is 4. The lowest BCUT2D eigenvalue weighted by Gasteiger charge is -2.35. The lowest BCUT2D eigenvalue weighted by Crippen LogP contribution is -2.49. The summed E-state index contributed by atoms with van der Waals surface area (Å²) in [5.41, 5.74) is 2.84. The van der Waals surface area contributed by atoms with Crippen molar-refractivity contribution in [2.75, 3.05) is 31.1 Å². The Balaban J connectivity index is 1.35. The van der Waals surface area contributed by atoms with E-state index in [1.807, 2.05) is 30.3 Å². The molecule has 0 radical (unpaired) electrons. The summed E-state index contributed by atoms with van der Waals surface area (Å²) in [7, 11) is 0. The fourth-order valence-electron chi connectivity index (χ4n) is 3.95. The standard InChI is InChI=1S/C22H20N8O3/c1-15-7-8-16(13-18(15)30(32)33)22(31)28-11-9-27(10-12-28)20-19-21(24-14-23-20)29(26-25-19)17-5-3-2-4-6-17/h2-8,13-14H,9-12H2,1H3. The minimum absolute atomic E-state index is 0.0515. The number of piperazine rings is 1. The van der Waals surface area contributed by atoms with Crippen LogP contribution < -0.4 is 4.90 Å². The Morgan fingerprint density at radius 2 is 1.79 bits per heavy atom. The lowest BCUT2D eigenvalue weighted by molar-refractivity contribution is -0.385. The summed E-state index contributed by atoms with van der Waals surface area (Å²) in [5.74, 6) is 0.445. The molecule has 5 rings (SSSR count). The van der Waals surface area contributed by atoms with Crippen molar-refractivity contribution in [3.05, 3.63) is 76.1 Å². The average Bonchev–Trinajstić information content (AvgIpc) is 3.29. The molecule has 2 aromatic heterocycles. The number of carbonyl (C=O) groups is 1. The van der Waals surface area contributed by atoms with Crippen molar-refractivity contribution in [1.82, 2.24) is 29.9 Å². The summed E-state index contributed by atoms with van der Waals surface area (Å²) in [6.45, 7) is 3.66. The molecule has 0 N–H and O–H groups in total. The molecule has 0 atom stereocenters. The quantitative estimate of drug-likeness (QED) is 0.347. The van der Waals surface area contributed by atoms with Crippen LogP contribution in [-0.2, 0) is 0 Å². The molecular weight excluding hydrogens is 424 g/mol. The first-order chi connectivity index (χ1) is 16.0. The van der Waals surface area contributed by atoms with Gasteiger partial charge in [0, 0.05) is 43.4 Å². The first-order valence-corrected chi connectivity index (χ1v) is 10.4. The van der Waals surface area contributed by atoms with Crippen molar-refractivity contribution in [2.24, 2.45) is 0 Å². The Morgan fingerprint density at radius 1 is 1.03 bits per heavy atom. The largest absolute Gasteiger partial charge is 0.351 e. The Hall–Kier alpha value is -4.41. The molecule has 11 heteroatoms. The summed E-state index contributed by atoms with van der Waals surface area (Å²) >= 11 is 0. The van der Waals surface area contributed by atoms with Gasteiger partial charge in [0.05, 0.1) is 10.6 Å². The van der Waals surface area contributed by atoms with Crippen LogP contribution in [0, 0.1) is 17.0 Å². The molecule has 0 bridgehead atoms. The normalized spacial score (nSPS) is 14.0. The number of hydrogen-bond acceptors (Lipinski definition) is 8. The Morgan fingerprint density at radius 3 is 2.52 bits per heavy atom. The number of anilines is 1. The van der Waals surface area contributed by atoms with Gasteiger partial charge in [-0.2, -0.15) is 4.68 Å². The summed E-state index contributed by atoms with van der Waals surface area (Å²) < 4.78 is 1.67. The second-order valence-corrected chi connectivity index (χ2v) is 7.74. The number of aryl methyl sites for hydroxylation is 1. The SMILES string of the molecule is Cc1ccc(C(=O)N2CCN(c3ncnc4c3nnn4-c3ccccc3)CC2)cc1[N+](=O)[O-]. The van der Waals surface area contributed by atoms with Gasteiger partial charge in [0.1, 0.15) is 6.33 Å². The van der Waals surface area contributed by atoms with Crippen LogP contribution in [0.2, 0.25) is 0 Å². The van der Waals surface area contributed by atoms with Crippen molar-refractivity contribution in [1.29, 1.82) is 0 Å². The highest BCUT2D eigenvalue weighted by Crippen LogP contribution is 2.25. The maximum absolute atomic E-state index is 12.9. The van der Waals surface area contributed by atoms with Crippen LogP contribution in [0.1, 0.15) is 15.9 Å². The van der Waals surface area contributed by atoms with Gasteiger partial charge in [-0.15, -0.1) is 5.10 Å². The van der Waals surface area contributed by atoms with Crippen molar-refractivity contribution < 1.29 is 9.72 Å². The summed E-state index contributed by atoms with van der Waals surface area (Å²) in [6, 6.07) is 14.2. The van der Waals surface area contributed by atoms with E-state index < -0.39 is 4.92 Å². The zero-order valence-corrected chi connectivity index (χ0v) is 17.8. The van der Waals surface area contributed by atoms with Gasteiger partial charge in [-0.05, 0) is 25.1 Å². The summed E-state index contributed by atoms with van der Waals surface area (Å²) in [6.07, 6.45) is 1.49. The van der Waals surface area contributed by atoms with Gasteiger partial charge in [0.15, 0.2) is 17.0 Å². The second kappa shape index (κ2) is 8.26. The van der Waals surface area contributed by atoms with Gasteiger partial charge in [-0.1, -0.05) is 29.5 Å². The van der Waals surface area contributed by atoms with Crippen LogP contribution in [0.15, 0.2) is 54.9 Å². The second-order valence-electron chi connectivity index (χ2n) is 7.74. The number of para-hydroxylation sites is 1. The van der Waals surface area contributed by atoms with E-state index in [4.69, 9.17) is 0 Å². The van der Waals surface area contributed by atoms with Gasteiger partial charge < -0.3 is 9.80 Å². The van der Waals surface area contributed by atoms with Crippen molar-refractivity contribution in [3.63, 3.8) is 0 Å².